The number of carbonyl (C=O) groups is 1. The summed E-state index contributed by atoms with van der Waals surface area (Å²) in [6.07, 6.45) is 7.75. The van der Waals surface area contributed by atoms with Crippen molar-refractivity contribution in [1.82, 2.24) is 29.4 Å². The van der Waals surface area contributed by atoms with E-state index in [1.165, 1.54) is 0 Å². The molecule has 0 bridgehead atoms. The van der Waals surface area contributed by atoms with Crippen molar-refractivity contribution in [3.05, 3.63) is 85.2 Å². The van der Waals surface area contributed by atoms with Crippen LogP contribution in [-0.4, -0.2) is 50.6 Å². The predicted octanol–water partition coefficient (Wildman–Crippen LogP) is 4.59. The van der Waals surface area contributed by atoms with Crippen molar-refractivity contribution in [3.63, 3.8) is 0 Å². The first-order valence-electron chi connectivity index (χ1n) is 12.3. The molecule has 3 heterocycles. The van der Waals surface area contributed by atoms with Crippen LogP contribution in [0.15, 0.2) is 79.5 Å². The largest absolute Gasteiger partial charge is 0.457 e. The second-order valence-corrected chi connectivity index (χ2v) is 9.10. The van der Waals surface area contributed by atoms with E-state index in [1.54, 1.807) is 30.9 Å². The molecule has 0 fully saturated rings. The van der Waals surface area contributed by atoms with Gasteiger partial charge in [-0.25, -0.2) is 9.97 Å². The van der Waals surface area contributed by atoms with Crippen LogP contribution in [0, 0.1) is 0 Å². The van der Waals surface area contributed by atoms with Gasteiger partial charge in [0, 0.05) is 76.3 Å². The number of hydrogen-bond acceptors (Lipinski definition) is 7. The summed E-state index contributed by atoms with van der Waals surface area (Å²) in [5, 5.41) is 6.28. The van der Waals surface area contributed by atoms with Gasteiger partial charge in [-0.15, -0.1) is 0 Å². The van der Waals surface area contributed by atoms with Crippen molar-refractivity contribution in [1.29, 1.82) is 0 Å². The fraction of sp³-hybridized carbons (Fsp3) is 0.214. The predicted molar refractivity (Wildman–Crippen MR) is 148 cm³/mol. The number of aryl methyl sites for hydroxylation is 2. The molecule has 10 heteroatoms. The lowest BCUT2D eigenvalue weighted by Crippen LogP contribution is -2.26. The van der Waals surface area contributed by atoms with Crippen molar-refractivity contribution in [2.45, 2.75) is 13.0 Å². The van der Waals surface area contributed by atoms with Gasteiger partial charge in [0.05, 0.1) is 17.4 Å². The van der Waals surface area contributed by atoms with Gasteiger partial charge in [-0.05, 0) is 48.9 Å². The third-order valence-corrected chi connectivity index (χ3v) is 6.13. The minimum Gasteiger partial charge on any atom is -0.457 e. The minimum absolute atomic E-state index is 0.240. The van der Waals surface area contributed by atoms with Crippen LogP contribution in [0.25, 0.3) is 11.0 Å². The fourth-order valence-corrected chi connectivity index (χ4v) is 4.03. The topological polar surface area (TPSA) is 102 Å². The average molecular weight is 511 g/mol. The van der Waals surface area contributed by atoms with E-state index in [9.17, 15) is 4.79 Å². The Kier molecular flexibility index (Phi) is 7.21. The van der Waals surface area contributed by atoms with Crippen LogP contribution < -0.4 is 20.3 Å². The summed E-state index contributed by atoms with van der Waals surface area (Å²) in [5.41, 5.74) is 4.15. The Balaban J connectivity index is 1.23. The number of carbonyl (C=O) groups excluding carboxylic acids is 1. The zero-order chi connectivity index (χ0) is 26.5. The molecule has 2 aromatic carbocycles. The van der Waals surface area contributed by atoms with Crippen LogP contribution in [0.2, 0.25) is 0 Å². The molecule has 10 nitrogen and oxygen atoms in total. The van der Waals surface area contributed by atoms with Gasteiger partial charge < -0.3 is 29.4 Å². The molecule has 0 unspecified atom stereocenters. The number of amides is 1. The summed E-state index contributed by atoms with van der Waals surface area (Å²) in [6, 6.07) is 17.3. The molecule has 1 amide bonds. The zero-order valence-electron chi connectivity index (χ0n) is 21.6. The molecule has 0 radical (unpaired) electrons. The number of imidazole rings is 2. The standard InChI is InChI=1S/C28H30N8O2/c1-34(2)21-7-5-20(6-8-21)32-28-33-24-17-22(9-10-26(24)35(28)3)38-23-11-13-30-25(18-23)27(37)31-12-4-15-36-16-14-29-19-36/h5-11,13-14,16-19H,4,12,15H2,1-3H3,(H,31,37)(H,32,33). The van der Waals surface area contributed by atoms with E-state index in [0.717, 1.165) is 41.3 Å². The molecule has 0 aliphatic rings. The highest BCUT2D eigenvalue weighted by Gasteiger charge is 2.12. The lowest BCUT2D eigenvalue weighted by Gasteiger charge is -2.13. The van der Waals surface area contributed by atoms with Gasteiger partial charge in [0.2, 0.25) is 5.95 Å². The van der Waals surface area contributed by atoms with Crippen LogP contribution in [0.4, 0.5) is 17.3 Å². The van der Waals surface area contributed by atoms with E-state index in [0.29, 0.717) is 23.7 Å². The maximum atomic E-state index is 12.6. The Bertz CT molecular complexity index is 1520. The molecule has 0 saturated heterocycles. The lowest BCUT2D eigenvalue weighted by atomic mass is 10.2. The number of pyridine rings is 1. The Hall–Kier alpha value is -4.86. The minimum atomic E-state index is -0.240. The fourth-order valence-electron chi connectivity index (χ4n) is 4.03. The van der Waals surface area contributed by atoms with E-state index in [4.69, 9.17) is 9.72 Å². The Labute approximate surface area is 220 Å². The van der Waals surface area contributed by atoms with Gasteiger partial charge in [-0.3, -0.25) is 9.78 Å². The monoisotopic (exact) mass is 510 g/mol. The van der Waals surface area contributed by atoms with E-state index >= 15 is 0 Å². The Morgan fingerprint density at radius 2 is 1.84 bits per heavy atom. The first-order valence-corrected chi connectivity index (χ1v) is 12.3. The Morgan fingerprint density at radius 1 is 1.03 bits per heavy atom. The smallest absolute Gasteiger partial charge is 0.270 e. The van der Waals surface area contributed by atoms with E-state index in [2.05, 4.69) is 37.6 Å². The normalized spacial score (nSPS) is 10.9. The first-order chi connectivity index (χ1) is 18.5. The van der Waals surface area contributed by atoms with Gasteiger partial charge in [-0.1, -0.05) is 0 Å². The lowest BCUT2D eigenvalue weighted by molar-refractivity contribution is 0.0947. The van der Waals surface area contributed by atoms with Crippen molar-refractivity contribution in [2.24, 2.45) is 7.05 Å². The molecule has 3 aromatic heterocycles. The van der Waals surface area contributed by atoms with E-state index in [-0.39, 0.29) is 5.91 Å². The van der Waals surface area contributed by atoms with E-state index in [1.807, 2.05) is 66.8 Å². The van der Waals surface area contributed by atoms with E-state index < -0.39 is 0 Å². The zero-order valence-corrected chi connectivity index (χ0v) is 21.6. The molecular formula is C28H30N8O2. The molecule has 194 valence electrons. The van der Waals surface area contributed by atoms with Crippen molar-refractivity contribution < 1.29 is 9.53 Å². The molecule has 5 aromatic rings. The number of ether oxygens (including phenoxy) is 1. The highest BCUT2D eigenvalue weighted by molar-refractivity contribution is 5.92. The molecule has 0 atom stereocenters. The van der Waals surface area contributed by atoms with Crippen molar-refractivity contribution in [2.75, 3.05) is 30.9 Å². The van der Waals surface area contributed by atoms with Crippen LogP contribution in [0.3, 0.4) is 0 Å². The van der Waals surface area contributed by atoms with Gasteiger partial charge in [0.25, 0.3) is 5.91 Å². The maximum Gasteiger partial charge on any atom is 0.270 e. The third kappa shape index (κ3) is 5.75. The SMILES string of the molecule is CN(C)c1ccc(Nc2nc3cc(Oc4ccnc(C(=O)NCCCn5ccnc5)c4)ccc3n2C)cc1. The summed E-state index contributed by atoms with van der Waals surface area (Å²) in [4.78, 5) is 27.6. The second-order valence-electron chi connectivity index (χ2n) is 9.10. The summed E-state index contributed by atoms with van der Waals surface area (Å²) in [6.45, 7) is 1.32. The van der Waals surface area contributed by atoms with Crippen molar-refractivity contribution >= 4 is 34.3 Å². The van der Waals surface area contributed by atoms with Crippen LogP contribution in [0.5, 0.6) is 11.5 Å². The number of rotatable bonds is 10. The summed E-state index contributed by atoms with van der Waals surface area (Å²) >= 11 is 0. The highest BCUT2D eigenvalue weighted by Crippen LogP contribution is 2.28. The summed E-state index contributed by atoms with van der Waals surface area (Å²) in [7, 11) is 6.00. The quantitative estimate of drug-likeness (QED) is 0.265. The van der Waals surface area contributed by atoms with Crippen LogP contribution in [0.1, 0.15) is 16.9 Å². The van der Waals surface area contributed by atoms with Gasteiger partial charge in [0.1, 0.15) is 17.2 Å². The molecular weight excluding hydrogens is 480 g/mol. The molecule has 5 rings (SSSR count). The molecule has 0 aliphatic carbocycles. The maximum absolute atomic E-state index is 12.6. The second kappa shape index (κ2) is 11.0. The summed E-state index contributed by atoms with van der Waals surface area (Å²) < 4.78 is 10.0. The van der Waals surface area contributed by atoms with Crippen molar-refractivity contribution in [3.8, 4) is 11.5 Å². The van der Waals surface area contributed by atoms with Crippen LogP contribution >= 0.6 is 0 Å². The summed E-state index contributed by atoms with van der Waals surface area (Å²) in [5.74, 6) is 1.63. The third-order valence-electron chi connectivity index (χ3n) is 6.13. The van der Waals surface area contributed by atoms with Gasteiger partial charge in [0.15, 0.2) is 0 Å². The number of hydrogen-bond donors (Lipinski definition) is 2. The number of anilines is 3. The number of benzene rings is 2. The van der Waals surface area contributed by atoms with Crippen LogP contribution in [-0.2, 0) is 13.6 Å². The molecule has 0 aliphatic heterocycles. The Morgan fingerprint density at radius 3 is 2.61 bits per heavy atom. The first kappa shape index (κ1) is 24.8. The molecule has 38 heavy (non-hydrogen) atoms. The number of nitrogens with one attached hydrogen (secondary N) is 2. The number of aromatic nitrogens is 5. The van der Waals surface area contributed by atoms with Gasteiger partial charge in [-0.2, -0.15) is 0 Å². The molecule has 0 spiro atoms. The molecule has 0 saturated carbocycles. The number of nitrogens with zero attached hydrogens (tertiary/aromatic N) is 6. The average Bonchev–Trinajstić information content (AvgIpc) is 3.55. The number of fused-ring (bicyclic) bond motifs is 1. The highest BCUT2D eigenvalue weighted by atomic mass is 16.5. The van der Waals surface area contributed by atoms with Gasteiger partial charge >= 0.3 is 0 Å². The molecule has 2 N–H and O–H groups in total.